The van der Waals surface area contributed by atoms with Crippen molar-refractivity contribution in [1.29, 1.82) is 0 Å². The van der Waals surface area contributed by atoms with Crippen LogP contribution in [0.5, 0.6) is 5.75 Å². The van der Waals surface area contributed by atoms with Crippen LogP contribution in [0.3, 0.4) is 0 Å². The Labute approximate surface area is 162 Å². The molecule has 0 saturated carbocycles. The monoisotopic (exact) mass is 385 g/mol. The van der Waals surface area contributed by atoms with Gasteiger partial charge in [-0.2, -0.15) is 4.98 Å². The van der Waals surface area contributed by atoms with Crippen LogP contribution in [0.25, 0.3) is 0 Å². The highest BCUT2D eigenvalue weighted by Crippen LogP contribution is 2.36. The van der Waals surface area contributed by atoms with E-state index in [9.17, 15) is 9.59 Å². The lowest BCUT2D eigenvalue weighted by Crippen LogP contribution is -2.33. The van der Waals surface area contributed by atoms with Gasteiger partial charge in [-0.25, -0.2) is 0 Å². The number of nitrogens with zero attached hydrogens (tertiary/aromatic N) is 2. The number of nitrogens with one attached hydrogen (secondary N) is 1. The Balaban J connectivity index is 2.00. The second-order valence-electron chi connectivity index (χ2n) is 6.34. The number of amides is 1. The highest BCUT2D eigenvalue weighted by molar-refractivity contribution is 7.99. The van der Waals surface area contributed by atoms with Crippen molar-refractivity contribution in [3.05, 3.63) is 58.4 Å². The molecule has 1 aromatic heterocycles. The second-order valence-corrected chi connectivity index (χ2v) is 7.40. The van der Waals surface area contributed by atoms with Crippen LogP contribution < -0.4 is 15.6 Å². The van der Waals surface area contributed by atoms with Crippen LogP contribution in [0, 0.1) is 0 Å². The summed E-state index contributed by atoms with van der Waals surface area (Å²) in [5, 5.41) is 3.48. The number of carbonyl (C=O) groups excluding carboxylic acids is 1. The first-order chi connectivity index (χ1) is 13.0. The van der Waals surface area contributed by atoms with E-state index in [2.05, 4.69) is 23.8 Å². The summed E-state index contributed by atoms with van der Waals surface area (Å²) in [5.41, 5.74) is 1.15. The van der Waals surface area contributed by atoms with Crippen molar-refractivity contribution < 1.29 is 9.53 Å². The van der Waals surface area contributed by atoms with E-state index in [0.717, 1.165) is 23.5 Å². The standard InChI is InChI=1S/C20H23N3O3S/c1-4-10-26-14-8-6-13(7-9-14)15-12-16(24)21-18-17(15)19(25)22-20(23(18)3)27-11-5-2/h4,6-9,15H,1,5,10-12H2,2-3H3,(H,21,24)/t15-/m1/s1. The first-order valence-electron chi connectivity index (χ1n) is 8.92. The third kappa shape index (κ3) is 4.08. The van der Waals surface area contributed by atoms with Crippen LogP contribution in [0.15, 0.2) is 46.9 Å². The Morgan fingerprint density at radius 2 is 2.11 bits per heavy atom. The molecule has 2 aromatic rings. The molecule has 1 aliphatic heterocycles. The van der Waals surface area contributed by atoms with Crippen molar-refractivity contribution in [3.63, 3.8) is 0 Å². The summed E-state index contributed by atoms with van der Waals surface area (Å²) in [6, 6.07) is 7.47. The highest BCUT2D eigenvalue weighted by Gasteiger charge is 2.32. The Morgan fingerprint density at radius 3 is 2.78 bits per heavy atom. The van der Waals surface area contributed by atoms with Crippen molar-refractivity contribution in [1.82, 2.24) is 9.55 Å². The quantitative estimate of drug-likeness (QED) is 0.450. The SMILES string of the molecule is C=CCOc1ccc([C@H]2CC(=O)Nc3c2c(=O)nc(SCCC)n3C)cc1. The molecule has 142 valence electrons. The molecule has 0 saturated heterocycles. The second kappa shape index (κ2) is 8.43. The maximum absolute atomic E-state index is 12.8. The van der Waals surface area contributed by atoms with Gasteiger partial charge in [0.2, 0.25) is 5.91 Å². The van der Waals surface area contributed by atoms with E-state index in [1.54, 1.807) is 6.08 Å². The number of thioether (sulfide) groups is 1. The van der Waals surface area contributed by atoms with Gasteiger partial charge in [0.15, 0.2) is 5.16 Å². The summed E-state index contributed by atoms with van der Waals surface area (Å²) in [6.45, 7) is 6.13. The van der Waals surface area contributed by atoms with Crippen LogP contribution in [0.1, 0.15) is 36.8 Å². The summed E-state index contributed by atoms with van der Waals surface area (Å²) >= 11 is 1.52. The molecule has 1 amide bonds. The third-order valence-corrected chi connectivity index (χ3v) is 5.62. The minimum Gasteiger partial charge on any atom is -0.490 e. The van der Waals surface area contributed by atoms with E-state index in [1.807, 2.05) is 35.9 Å². The molecule has 1 aromatic carbocycles. The largest absolute Gasteiger partial charge is 0.490 e. The molecule has 3 rings (SSSR count). The fourth-order valence-electron chi connectivity index (χ4n) is 3.09. The van der Waals surface area contributed by atoms with Crippen LogP contribution in [0.4, 0.5) is 5.82 Å². The number of rotatable bonds is 7. The first-order valence-corrected chi connectivity index (χ1v) is 9.91. The smallest absolute Gasteiger partial charge is 0.279 e. The average Bonchev–Trinajstić information content (AvgIpc) is 2.67. The molecule has 0 unspecified atom stereocenters. The molecular weight excluding hydrogens is 362 g/mol. The zero-order chi connectivity index (χ0) is 19.4. The lowest BCUT2D eigenvalue weighted by Gasteiger charge is -2.27. The van der Waals surface area contributed by atoms with E-state index in [-0.39, 0.29) is 23.8 Å². The maximum Gasteiger partial charge on any atom is 0.279 e. The van der Waals surface area contributed by atoms with Gasteiger partial charge < -0.3 is 14.6 Å². The number of hydrogen-bond acceptors (Lipinski definition) is 5. The number of ether oxygens (including phenoxy) is 1. The molecule has 0 radical (unpaired) electrons. The fraction of sp³-hybridized carbons (Fsp3) is 0.350. The van der Waals surface area contributed by atoms with Crippen LogP contribution >= 0.6 is 11.8 Å². The van der Waals surface area contributed by atoms with Crippen molar-refractivity contribution in [2.45, 2.75) is 30.8 Å². The molecule has 2 heterocycles. The van der Waals surface area contributed by atoms with Gasteiger partial charge >= 0.3 is 0 Å². The number of fused-ring (bicyclic) bond motifs is 1. The molecule has 1 aliphatic rings. The molecule has 7 heteroatoms. The molecule has 0 fully saturated rings. The summed E-state index contributed by atoms with van der Waals surface area (Å²) in [4.78, 5) is 29.4. The average molecular weight is 385 g/mol. The molecule has 1 atom stereocenters. The van der Waals surface area contributed by atoms with Crippen molar-refractivity contribution in [3.8, 4) is 5.75 Å². The highest BCUT2D eigenvalue weighted by atomic mass is 32.2. The lowest BCUT2D eigenvalue weighted by atomic mass is 9.87. The summed E-state index contributed by atoms with van der Waals surface area (Å²) in [6.07, 6.45) is 2.88. The Hall–Kier alpha value is -2.54. The maximum atomic E-state index is 12.8. The fourth-order valence-corrected chi connectivity index (χ4v) is 3.91. The molecular formula is C20H23N3O3S. The zero-order valence-electron chi connectivity index (χ0n) is 15.5. The number of benzene rings is 1. The first kappa shape index (κ1) is 19.2. The van der Waals surface area contributed by atoms with E-state index < -0.39 is 0 Å². The van der Waals surface area contributed by atoms with E-state index in [1.165, 1.54) is 11.8 Å². The predicted octanol–water partition coefficient (Wildman–Crippen LogP) is 3.32. The zero-order valence-corrected chi connectivity index (χ0v) is 16.3. The Morgan fingerprint density at radius 1 is 1.37 bits per heavy atom. The van der Waals surface area contributed by atoms with Gasteiger partial charge in [0.25, 0.3) is 5.56 Å². The predicted molar refractivity (Wildman–Crippen MR) is 108 cm³/mol. The summed E-state index contributed by atoms with van der Waals surface area (Å²) in [5.74, 6) is 1.70. The van der Waals surface area contributed by atoms with Gasteiger partial charge in [0, 0.05) is 25.1 Å². The lowest BCUT2D eigenvalue weighted by molar-refractivity contribution is -0.116. The Kier molecular flexibility index (Phi) is 6.01. The number of carbonyl (C=O) groups is 1. The molecule has 1 N–H and O–H groups in total. The number of aromatic nitrogens is 2. The van der Waals surface area contributed by atoms with Gasteiger partial charge in [0.05, 0.1) is 5.56 Å². The van der Waals surface area contributed by atoms with Crippen molar-refractivity contribution >= 4 is 23.5 Å². The van der Waals surface area contributed by atoms with Crippen LogP contribution in [-0.2, 0) is 11.8 Å². The number of anilines is 1. The van der Waals surface area contributed by atoms with Gasteiger partial charge in [-0.15, -0.1) is 0 Å². The minimum absolute atomic E-state index is 0.105. The van der Waals surface area contributed by atoms with Gasteiger partial charge in [-0.05, 0) is 24.1 Å². The summed E-state index contributed by atoms with van der Waals surface area (Å²) in [7, 11) is 1.83. The van der Waals surface area contributed by atoms with Gasteiger partial charge in [0.1, 0.15) is 18.2 Å². The molecule has 0 aliphatic carbocycles. The van der Waals surface area contributed by atoms with E-state index in [4.69, 9.17) is 4.74 Å². The molecule has 6 nitrogen and oxygen atoms in total. The third-order valence-electron chi connectivity index (χ3n) is 4.39. The Bertz CT molecular complexity index is 906. The minimum atomic E-state index is -0.321. The van der Waals surface area contributed by atoms with Crippen molar-refractivity contribution in [2.75, 3.05) is 17.7 Å². The molecule has 27 heavy (non-hydrogen) atoms. The molecule has 0 bridgehead atoms. The van der Waals surface area contributed by atoms with Crippen LogP contribution in [-0.4, -0.2) is 27.8 Å². The summed E-state index contributed by atoms with van der Waals surface area (Å²) < 4.78 is 7.31. The van der Waals surface area contributed by atoms with Crippen molar-refractivity contribution in [2.24, 2.45) is 7.05 Å². The van der Waals surface area contributed by atoms with E-state index in [0.29, 0.717) is 23.1 Å². The topological polar surface area (TPSA) is 73.2 Å². The molecule has 0 spiro atoms. The van der Waals surface area contributed by atoms with Gasteiger partial charge in [-0.1, -0.05) is 43.5 Å². The van der Waals surface area contributed by atoms with E-state index >= 15 is 0 Å². The number of hydrogen-bond donors (Lipinski definition) is 1. The normalized spacial score (nSPS) is 15.8. The van der Waals surface area contributed by atoms with Gasteiger partial charge in [-0.3, -0.25) is 9.59 Å². The van der Waals surface area contributed by atoms with Crippen LogP contribution in [0.2, 0.25) is 0 Å².